The highest BCUT2D eigenvalue weighted by atomic mass is 32.1. The van der Waals surface area contributed by atoms with Gasteiger partial charge < -0.3 is 10.1 Å². The Kier molecular flexibility index (Phi) is 6.55. The van der Waals surface area contributed by atoms with Crippen LogP contribution in [0.3, 0.4) is 0 Å². The Morgan fingerprint density at radius 2 is 1.81 bits per heavy atom. The number of benzene rings is 1. The Morgan fingerprint density at radius 1 is 1.06 bits per heavy atom. The molecule has 2 heterocycles. The van der Waals surface area contributed by atoms with Gasteiger partial charge in [0.25, 0.3) is 0 Å². The minimum Gasteiger partial charge on any atom is -0.454 e. The first-order valence-corrected chi connectivity index (χ1v) is 10.8. The van der Waals surface area contributed by atoms with E-state index in [0.29, 0.717) is 22.7 Å². The topological polar surface area (TPSA) is 85.4 Å². The van der Waals surface area contributed by atoms with E-state index in [0.717, 1.165) is 21.3 Å². The summed E-state index contributed by atoms with van der Waals surface area (Å²) in [5.41, 5.74) is 2.31. The van der Waals surface area contributed by atoms with Crippen molar-refractivity contribution in [3.05, 3.63) is 63.0 Å². The van der Waals surface area contributed by atoms with E-state index in [2.05, 4.69) is 10.3 Å². The van der Waals surface area contributed by atoms with Crippen molar-refractivity contribution < 1.29 is 19.1 Å². The third-order valence-corrected chi connectivity index (χ3v) is 5.88. The van der Waals surface area contributed by atoms with Gasteiger partial charge in [-0.25, -0.2) is 4.79 Å². The highest BCUT2D eigenvalue weighted by Gasteiger charge is 2.21. The third kappa shape index (κ3) is 5.55. The lowest BCUT2D eigenvalue weighted by Gasteiger charge is -2.17. The highest BCUT2D eigenvalue weighted by Crippen LogP contribution is 2.21. The van der Waals surface area contributed by atoms with Gasteiger partial charge in [0.05, 0.1) is 28.2 Å². The van der Waals surface area contributed by atoms with Gasteiger partial charge >= 0.3 is 5.97 Å². The molecule has 162 valence electrons. The Bertz CT molecular complexity index is 1160. The number of thiophene rings is 1. The number of amides is 1. The van der Waals surface area contributed by atoms with Gasteiger partial charge in [0.15, 0.2) is 6.61 Å². The molecule has 0 spiro atoms. The van der Waals surface area contributed by atoms with Gasteiger partial charge in [-0.2, -0.15) is 0 Å². The number of aryl methyl sites for hydroxylation is 2. The fourth-order valence-corrected chi connectivity index (χ4v) is 3.81. The van der Waals surface area contributed by atoms with Gasteiger partial charge in [-0.05, 0) is 44.2 Å². The summed E-state index contributed by atoms with van der Waals surface area (Å²) in [5, 5.41) is 3.71. The van der Waals surface area contributed by atoms with Crippen LogP contribution in [0.5, 0.6) is 0 Å². The van der Waals surface area contributed by atoms with Crippen LogP contribution >= 0.6 is 11.3 Å². The van der Waals surface area contributed by atoms with Crippen molar-refractivity contribution in [2.24, 2.45) is 5.41 Å². The highest BCUT2D eigenvalue weighted by molar-refractivity contribution is 7.14. The number of rotatable bonds is 6. The van der Waals surface area contributed by atoms with E-state index < -0.39 is 11.4 Å². The molecule has 0 atom stereocenters. The molecule has 0 aliphatic rings. The Morgan fingerprint density at radius 3 is 2.52 bits per heavy atom. The number of esters is 1. The fourth-order valence-electron chi connectivity index (χ4n) is 2.93. The van der Waals surface area contributed by atoms with Gasteiger partial charge in [-0.15, -0.1) is 11.3 Å². The van der Waals surface area contributed by atoms with Crippen LogP contribution in [0.15, 0.2) is 36.4 Å². The molecule has 31 heavy (non-hydrogen) atoms. The SMILES string of the molecule is Cc1ccc2nc(C)c(C(=O)OCC(=O)c3ccc(CNC(=O)C(C)(C)C)s3)cc2c1. The largest absolute Gasteiger partial charge is 0.454 e. The first kappa shape index (κ1) is 22.6. The van der Waals surface area contributed by atoms with Crippen molar-refractivity contribution in [3.63, 3.8) is 0 Å². The molecule has 1 N–H and O–H groups in total. The molecule has 0 unspecified atom stereocenters. The number of nitrogens with zero attached hydrogens (tertiary/aromatic N) is 1. The molecule has 0 saturated heterocycles. The van der Waals surface area contributed by atoms with E-state index in [1.54, 1.807) is 25.1 Å². The van der Waals surface area contributed by atoms with Crippen molar-refractivity contribution in [1.82, 2.24) is 10.3 Å². The van der Waals surface area contributed by atoms with E-state index in [-0.39, 0.29) is 18.3 Å². The van der Waals surface area contributed by atoms with Crippen LogP contribution in [-0.4, -0.2) is 29.3 Å². The number of hydrogen-bond donors (Lipinski definition) is 1. The van der Waals surface area contributed by atoms with Gasteiger partial charge in [0.2, 0.25) is 11.7 Å². The molecule has 7 heteroatoms. The van der Waals surface area contributed by atoms with Crippen molar-refractivity contribution in [3.8, 4) is 0 Å². The minimum atomic E-state index is -0.573. The average molecular weight is 439 g/mol. The van der Waals surface area contributed by atoms with E-state index in [1.807, 2.05) is 45.9 Å². The molecule has 3 rings (SSSR count). The fraction of sp³-hybridized carbons (Fsp3) is 0.333. The number of hydrogen-bond acceptors (Lipinski definition) is 6. The molecule has 0 bridgehead atoms. The van der Waals surface area contributed by atoms with Gasteiger partial charge in [0, 0.05) is 15.7 Å². The zero-order chi connectivity index (χ0) is 22.8. The standard InChI is InChI=1S/C24H26N2O4S/c1-14-6-8-19-16(10-14)11-18(15(2)26-19)22(28)30-13-20(27)21-9-7-17(31-21)12-25-23(29)24(3,4)5/h6-11H,12-13H2,1-5H3,(H,25,29). The second-order valence-electron chi connectivity index (χ2n) is 8.52. The van der Waals surface area contributed by atoms with E-state index in [1.165, 1.54) is 11.3 Å². The van der Waals surface area contributed by atoms with Gasteiger partial charge in [0.1, 0.15) is 0 Å². The smallest absolute Gasteiger partial charge is 0.340 e. The lowest BCUT2D eigenvalue weighted by molar-refractivity contribution is -0.128. The van der Waals surface area contributed by atoms with Crippen LogP contribution in [-0.2, 0) is 16.1 Å². The van der Waals surface area contributed by atoms with Crippen LogP contribution in [0.1, 0.15) is 56.9 Å². The average Bonchev–Trinajstić information content (AvgIpc) is 3.18. The molecule has 0 saturated carbocycles. The molecular weight excluding hydrogens is 412 g/mol. The Labute approximate surface area is 185 Å². The maximum atomic E-state index is 12.5. The minimum absolute atomic E-state index is 0.0581. The number of carbonyl (C=O) groups excluding carboxylic acids is 3. The first-order chi connectivity index (χ1) is 14.5. The second-order valence-corrected chi connectivity index (χ2v) is 9.68. The first-order valence-electron chi connectivity index (χ1n) is 10.00. The molecular formula is C24H26N2O4S. The number of pyridine rings is 1. The zero-order valence-electron chi connectivity index (χ0n) is 18.4. The van der Waals surface area contributed by atoms with Crippen molar-refractivity contribution >= 4 is 39.9 Å². The number of aromatic nitrogens is 1. The number of nitrogens with one attached hydrogen (secondary N) is 1. The molecule has 2 aromatic heterocycles. The monoisotopic (exact) mass is 438 g/mol. The van der Waals surface area contributed by atoms with Crippen molar-refractivity contribution in [1.29, 1.82) is 0 Å². The maximum absolute atomic E-state index is 12.5. The van der Waals surface area contributed by atoms with Gasteiger partial charge in [-0.1, -0.05) is 32.4 Å². The molecule has 3 aromatic rings. The lowest BCUT2D eigenvalue weighted by Crippen LogP contribution is -2.34. The van der Waals surface area contributed by atoms with Crippen LogP contribution in [0, 0.1) is 19.3 Å². The predicted molar refractivity (Wildman–Crippen MR) is 121 cm³/mol. The zero-order valence-corrected chi connectivity index (χ0v) is 19.2. The normalized spacial score (nSPS) is 11.4. The number of ketones is 1. The third-order valence-electron chi connectivity index (χ3n) is 4.76. The number of carbonyl (C=O) groups is 3. The summed E-state index contributed by atoms with van der Waals surface area (Å²) >= 11 is 1.28. The van der Waals surface area contributed by atoms with Crippen LogP contribution < -0.4 is 5.32 Å². The van der Waals surface area contributed by atoms with Gasteiger partial charge in [-0.3, -0.25) is 14.6 Å². The lowest BCUT2D eigenvalue weighted by atomic mass is 9.96. The summed E-state index contributed by atoms with van der Waals surface area (Å²) in [5.74, 6) is -0.915. The number of fused-ring (bicyclic) bond motifs is 1. The van der Waals surface area contributed by atoms with E-state index in [4.69, 9.17) is 4.74 Å². The summed E-state index contributed by atoms with van der Waals surface area (Å²) in [4.78, 5) is 42.8. The molecule has 1 aromatic carbocycles. The van der Waals surface area contributed by atoms with Crippen molar-refractivity contribution in [2.45, 2.75) is 41.2 Å². The van der Waals surface area contributed by atoms with Crippen LogP contribution in [0.25, 0.3) is 10.9 Å². The molecule has 0 radical (unpaired) electrons. The molecule has 0 aliphatic carbocycles. The number of ether oxygens (including phenoxy) is 1. The Balaban J connectivity index is 1.61. The number of Topliss-reactive ketones (excluding diaryl/α,β-unsaturated/α-hetero) is 1. The quantitative estimate of drug-likeness (QED) is 0.448. The summed E-state index contributed by atoms with van der Waals surface area (Å²) in [6.07, 6.45) is 0. The molecule has 6 nitrogen and oxygen atoms in total. The summed E-state index contributed by atoms with van der Waals surface area (Å²) in [6, 6.07) is 11.1. The van der Waals surface area contributed by atoms with Crippen molar-refractivity contribution in [2.75, 3.05) is 6.61 Å². The van der Waals surface area contributed by atoms with E-state index in [9.17, 15) is 14.4 Å². The summed E-state index contributed by atoms with van der Waals surface area (Å²) in [6.45, 7) is 9.25. The van der Waals surface area contributed by atoms with Crippen LogP contribution in [0.4, 0.5) is 0 Å². The Hall–Kier alpha value is -3.06. The maximum Gasteiger partial charge on any atom is 0.340 e. The molecule has 0 fully saturated rings. The second kappa shape index (κ2) is 8.98. The summed E-state index contributed by atoms with van der Waals surface area (Å²) in [7, 11) is 0. The predicted octanol–water partition coefficient (Wildman–Crippen LogP) is 4.62. The molecule has 0 aliphatic heterocycles. The van der Waals surface area contributed by atoms with Crippen LogP contribution in [0.2, 0.25) is 0 Å². The molecule has 1 amide bonds. The van der Waals surface area contributed by atoms with E-state index >= 15 is 0 Å². The summed E-state index contributed by atoms with van der Waals surface area (Å²) < 4.78 is 5.26.